The molecule has 2 rings (SSSR count). The van der Waals surface area contributed by atoms with Crippen LogP contribution in [0.5, 0.6) is 0 Å². The Kier molecular flexibility index (Phi) is 4.75. The van der Waals surface area contributed by atoms with Crippen molar-refractivity contribution in [2.24, 2.45) is 5.92 Å². The number of nitro benzene ring substituents is 1. The van der Waals surface area contributed by atoms with Crippen molar-refractivity contribution in [2.45, 2.75) is 26.2 Å². The summed E-state index contributed by atoms with van der Waals surface area (Å²) in [5.74, 6) is 0.428. The van der Waals surface area contributed by atoms with Crippen molar-refractivity contribution in [2.75, 3.05) is 13.1 Å². The van der Waals surface area contributed by atoms with E-state index in [1.165, 1.54) is 6.07 Å². The van der Waals surface area contributed by atoms with Crippen LogP contribution in [0.1, 0.15) is 36.5 Å². The lowest BCUT2D eigenvalue weighted by Crippen LogP contribution is -2.39. The Morgan fingerprint density at radius 1 is 1.55 bits per heavy atom. The molecule has 5 nitrogen and oxygen atoms in total. The Morgan fingerprint density at radius 2 is 2.30 bits per heavy atom. The highest BCUT2D eigenvalue weighted by molar-refractivity contribution is 9.10. The number of amides is 1. The third-order valence-electron chi connectivity index (χ3n) is 3.77. The van der Waals surface area contributed by atoms with E-state index in [1.807, 2.05) is 4.90 Å². The molecule has 1 aromatic rings. The first-order valence-corrected chi connectivity index (χ1v) is 7.55. The van der Waals surface area contributed by atoms with Gasteiger partial charge in [-0.2, -0.15) is 0 Å². The van der Waals surface area contributed by atoms with Gasteiger partial charge in [0, 0.05) is 24.7 Å². The van der Waals surface area contributed by atoms with Gasteiger partial charge in [-0.25, -0.2) is 0 Å². The van der Waals surface area contributed by atoms with Crippen LogP contribution in [0.3, 0.4) is 0 Å². The molecule has 20 heavy (non-hydrogen) atoms. The van der Waals surface area contributed by atoms with Crippen LogP contribution in [0.15, 0.2) is 22.7 Å². The van der Waals surface area contributed by atoms with Gasteiger partial charge in [-0.15, -0.1) is 0 Å². The van der Waals surface area contributed by atoms with E-state index in [1.54, 1.807) is 12.1 Å². The molecule has 1 amide bonds. The van der Waals surface area contributed by atoms with Crippen LogP contribution in [-0.4, -0.2) is 28.8 Å². The van der Waals surface area contributed by atoms with E-state index in [0.717, 1.165) is 32.4 Å². The van der Waals surface area contributed by atoms with Crippen molar-refractivity contribution in [1.82, 2.24) is 4.90 Å². The zero-order chi connectivity index (χ0) is 14.7. The maximum Gasteiger partial charge on any atom is 0.284 e. The van der Waals surface area contributed by atoms with Crippen LogP contribution in [0.4, 0.5) is 5.69 Å². The Balaban J connectivity index is 2.20. The molecule has 0 bridgehead atoms. The lowest BCUT2D eigenvalue weighted by Gasteiger charge is -2.32. The molecule has 0 spiro atoms. The van der Waals surface area contributed by atoms with Crippen LogP contribution < -0.4 is 0 Å². The molecule has 1 saturated heterocycles. The largest absolute Gasteiger partial charge is 0.338 e. The third kappa shape index (κ3) is 3.17. The second kappa shape index (κ2) is 6.35. The van der Waals surface area contributed by atoms with Crippen molar-refractivity contribution >= 4 is 27.5 Å². The van der Waals surface area contributed by atoms with Crippen molar-refractivity contribution in [3.63, 3.8) is 0 Å². The maximum absolute atomic E-state index is 12.4. The standard InChI is InChI=1S/C14H17BrN2O3/c1-2-10-4-3-7-16(9-10)14(18)11-5-6-12(15)13(8-11)17(19)20/h5-6,8,10H,2-4,7,9H2,1H3. The lowest BCUT2D eigenvalue weighted by atomic mass is 9.95. The first-order chi connectivity index (χ1) is 9.52. The van der Waals surface area contributed by atoms with Crippen LogP contribution in [0.25, 0.3) is 0 Å². The molecule has 1 aliphatic heterocycles. The van der Waals surface area contributed by atoms with Gasteiger partial charge in [-0.1, -0.05) is 13.3 Å². The molecular formula is C14H17BrN2O3. The first kappa shape index (κ1) is 15.0. The molecule has 0 saturated carbocycles. The maximum atomic E-state index is 12.4. The highest BCUT2D eigenvalue weighted by Gasteiger charge is 2.25. The number of carbonyl (C=O) groups is 1. The predicted molar refractivity (Wildman–Crippen MR) is 79.7 cm³/mol. The average molecular weight is 341 g/mol. The zero-order valence-electron chi connectivity index (χ0n) is 11.3. The fourth-order valence-corrected chi connectivity index (χ4v) is 2.94. The smallest absolute Gasteiger partial charge is 0.284 e. The molecule has 1 aromatic carbocycles. The lowest BCUT2D eigenvalue weighted by molar-refractivity contribution is -0.385. The SMILES string of the molecule is CCC1CCCN(C(=O)c2ccc(Br)c([N+](=O)[O-])c2)C1. The van der Waals surface area contributed by atoms with Gasteiger partial charge in [-0.05, 0) is 46.8 Å². The second-order valence-corrected chi connectivity index (χ2v) is 5.95. The summed E-state index contributed by atoms with van der Waals surface area (Å²) in [4.78, 5) is 24.7. The summed E-state index contributed by atoms with van der Waals surface area (Å²) in [6.07, 6.45) is 3.22. The molecule has 6 heteroatoms. The number of halogens is 1. The van der Waals surface area contributed by atoms with Crippen LogP contribution >= 0.6 is 15.9 Å². The summed E-state index contributed by atoms with van der Waals surface area (Å²) in [5, 5.41) is 10.9. The van der Waals surface area contributed by atoms with Crippen molar-refractivity contribution in [3.8, 4) is 0 Å². The molecule has 0 aliphatic carbocycles. The fraction of sp³-hybridized carbons (Fsp3) is 0.500. The first-order valence-electron chi connectivity index (χ1n) is 6.76. The molecule has 1 atom stereocenters. The molecule has 1 heterocycles. The van der Waals surface area contributed by atoms with E-state index < -0.39 is 4.92 Å². The molecule has 108 valence electrons. The van der Waals surface area contributed by atoms with E-state index in [4.69, 9.17) is 0 Å². The summed E-state index contributed by atoms with van der Waals surface area (Å²) in [5.41, 5.74) is 0.316. The molecule has 1 aliphatic rings. The molecular weight excluding hydrogens is 324 g/mol. The van der Waals surface area contributed by atoms with E-state index in [9.17, 15) is 14.9 Å². The zero-order valence-corrected chi connectivity index (χ0v) is 12.9. The van der Waals surface area contributed by atoms with Gasteiger partial charge >= 0.3 is 0 Å². The van der Waals surface area contributed by atoms with Gasteiger partial charge in [0.1, 0.15) is 0 Å². The number of nitrogens with zero attached hydrogens (tertiary/aromatic N) is 2. The van der Waals surface area contributed by atoms with Gasteiger partial charge in [0.2, 0.25) is 0 Å². The number of hydrogen-bond acceptors (Lipinski definition) is 3. The topological polar surface area (TPSA) is 63.5 Å². The average Bonchev–Trinajstić information content (AvgIpc) is 2.46. The van der Waals surface area contributed by atoms with Gasteiger partial charge in [-0.3, -0.25) is 14.9 Å². The number of likely N-dealkylation sites (tertiary alicyclic amines) is 1. The molecule has 1 fully saturated rings. The molecule has 0 N–H and O–H groups in total. The second-order valence-electron chi connectivity index (χ2n) is 5.09. The van der Waals surface area contributed by atoms with Crippen molar-refractivity contribution < 1.29 is 9.72 Å². The number of carbonyl (C=O) groups excluding carboxylic acids is 1. The van der Waals surface area contributed by atoms with Crippen molar-refractivity contribution in [1.29, 1.82) is 0 Å². The number of piperidine rings is 1. The van der Waals surface area contributed by atoms with E-state index in [-0.39, 0.29) is 11.6 Å². The third-order valence-corrected chi connectivity index (χ3v) is 4.44. The number of nitro groups is 1. The minimum absolute atomic E-state index is 0.0695. The summed E-state index contributed by atoms with van der Waals surface area (Å²) < 4.78 is 0.393. The Labute approximate surface area is 126 Å². The predicted octanol–water partition coefficient (Wildman–Crippen LogP) is 3.62. The van der Waals surface area contributed by atoms with Crippen molar-refractivity contribution in [3.05, 3.63) is 38.3 Å². The van der Waals surface area contributed by atoms with Gasteiger partial charge in [0.25, 0.3) is 11.6 Å². The highest BCUT2D eigenvalue weighted by Crippen LogP contribution is 2.27. The summed E-state index contributed by atoms with van der Waals surface area (Å²) >= 11 is 3.13. The summed E-state index contributed by atoms with van der Waals surface area (Å²) in [7, 11) is 0. The minimum atomic E-state index is -0.480. The summed E-state index contributed by atoms with van der Waals surface area (Å²) in [6, 6.07) is 4.55. The monoisotopic (exact) mass is 340 g/mol. The highest BCUT2D eigenvalue weighted by atomic mass is 79.9. The van der Waals surface area contributed by atoms with E-state index in [0.29, 0.717) is 16.0 Å². The van der Waals surface area contributed by atoms with E-state index >= 15 is 0 Å². The van der Waals surface area contributed by atoms with Crippen LogP contribution in [0.2, 0.25) is 0 Å². The normalized spacial score (nSPS) is 18.9. The van der Waals surface area contributed by atoms with Gasteiger partial charge in [0.15, 0.2) is 0 Å². The fourth-order valence-electron chi connectivity index (χ4n) is 2.55. The number of hydrogen-bond donors (Lipinski definition) is 0. The van der Waals surface area contributed by atoms with Crippen LogP contribution in [0, 0.1) is 16.0 Å². The Morgan fingerprint density at radius 3 is 2.95 bits per heavy atom. The quantitative estimate of drug-likeness (QED) is 0.623. The summed E-state index contributed by atoms with van der Waals surface area (Å²) in [6.45, 7) is 3.61. The Hall–Kier alpha value is -1.43. The van der Waals surface area contributed by atoms with Crippen LogP contribution in [-0.2, 0) is 0 Å². The van der Waals surface area contributed by atoms with Gasteiger partial charge in [0.05, 0.1) is 9.40 Å². The minimum Gasteiger partial charge on any atom is -0.338 e. The number of rotatable bonds is 3. The Bertz CT molecular complexity index is 533. The number of benzene rings is 1. The van der Waals surface area contributed by atoms with Gasteiger partial charge < -0.3 is 4.90 Å². The molecule has 0 aromatic heterocycles. The van der Waals surface area contributed by atoms with E-state index in [2.05, 4.69) is 22.9 Å². The molecule has 1 unspecified atom stereocenters. The molecule has 0 radical (unpaired) electrons.